The van der Waals surface area contributed by atoms with Crippen molar-refractivity contribution in [3.63, 3.8) is 0 Å². The Kier molecular flexibility index (Phi) is 8.53. The zero-order valence-corrected chi connectivity index (χ0v) is 25.8. The predicted octanol–water partition coefficient (Wildman–Crippen LogP) is 11.6. The normalized spacial score (nSPS) is 15.0. The smallest absolute Gasteiger partial charge is 0.129 e. The van der Waals surface area contributed by atoms with Crippen molar-refractivity contribution < 1.29 is 0 Å². The second-order valence-corrected chi connectivity index (χ2v) is 12.6. The molecule has 4 heteroatoms. The van der Waals surface area contributed by atoms with Gasteiger partial charge in [0.1, 0.15) is 10.1 Å². The molecule has 1 aliphatic heterocycles. The molecule has 44 heavy (non-hydrogen) atoms. The van der Waals surface area contributed by atoms with Gasteiger partial charge in [-0.1, -0.05) is 158 Å². The minimum absolute atomic E-state index is 0.962. The third kappa shape index (κ3) is 6.05. The first-order valence-corrected chi connectivity index (χ1v) is 16.7. The number of hydrogen-bond donors (Lipinski definition) is 0. The van der Waals surface area contributed by atoms with E-state index in [4.69, 9.17) is 9.98 Å². The van der Waals surface area contributed by atoms with E-state index < -0.39 is 0 Å². The van der Waals surface area contributed by atoms with Crippen LogP contribution < -0.4 is 0 Å². The quantitative estimate of drug-likeness (QED) is 0.189. The van der Waals surface area contributed by atoms with E-state index in [1.807, 2.05) is 0 Å². The van der Waals surface area contributed by atoms with Gasteiger partial charge >= 0.3 is 0 Å². The van der Waals surface area contributed by atoms with Crippen molar-refractivity contribution in [2.24, 2.45) is 9.98 Å². The molecule has 0 saturated carbocycles. The van der Waals surface area contributed by atoms with Crippen molar-refractivity contribution >= 4 is 45.0 Å². The Labute approximate surface area is 267 Å². The Hall–Kier alpha value is -4.64. The maximum Gasteiger partial charge on any atom is 0.129 e. The lowest BCUT2D eigenvalue weighted by Gasteiger charge is -2.19. The SMILES string of the molecule is c1ccc(-c2cccc(-c3ccccc3)c2/N=C2\SCCS\C2=N/c2c(-c3ccccc3)cccc2-c2ccccc2)cc1. The summed E-state index contributed by atoms with van der Waals surface area (Å²) in [6.07, 6.45) is 0. The second-order valence-electron chi connectivity index (χ2n) is 10.4. The summed E-state index contributed by atoms with van der Waals surface area (Å²) in [5, 5.41) is 1.92. The highest BCUT2D eigenvalue weighted by Crippen LogP contribution is 2.43. The molecule has 0 aliphatic carbocycles. The highest BCUT2D eigenvalue weighted by Gasteiger charge is 2.22. The Bertz CT molecular complexity index is 1670. The molecule has 212 valence electrons. The molecule has 1 aliphatic rings. The van der Waals surface area contributed by atoms with Crippen LogP contribution in [-0.2, 0) is 0 Å². The van der Waals surface area contributed by atoms with E-state index in [-0.39, 0.29) is 0 Å². The Morgan fingerprint density at radius 3 is 0.864 bits per heavy atom. The van der Waals surface area contributed by atoms with Crippen LogP contribution in [0, 0.1) is 0 Å². The molecule has 0 atom stereocenters. The zero-order chi connectivity index (χ0) is 29.6. The first-order chi connectivity index (χ1) is 21.8. The number of aliphatic imine (C=N–C) groups is 2. The maximum atomic E-state index is 5.48. The van der Waals surface area contributed by atoms with Gasteiger partial charge in [-0.25, -0.2) is 9.98 Å². The summed E-state index contributed by atoms with van der Waals surface area (Å²) < 4.78 is 0. The van der Waals surface area contributed by atoms with E-state index >= 15 is 0 Å². The van der Waals surface area contributed by atoms with E-state index in [9.17, 15) is 0 Å². The molecule has 6 aromatic carbocycles. The van der Waals surface area contributed by atoms with Crippen LogP contribution in [-0.4, -0.2) is 21.6 Å². The van der Waals surface area contributed by atoms with Crippen LogP contribution in [0.1, 0.15) is 0 Å². The Morgan fingerprint density at radius 2 is 0.591 bits per heavy atom. The fourth-order valence-electron chi connectivity index (χ4n) is 5.49. The third-order valence-electron chi connectivity index (χ3n) is 7.58. The molecule has 6 aromatic rings. The Balaban J connectivity index is 1.44. The molecule has 2 nitrogen and oxygen atoms in total. The van der Waals surface area contributed by atoms with Gasteiger partial charge in [0.25, 0.3) is 0 Å². The minimum atomic E-state index is 0.962. The number of thioether (sulfide) groups is 2. The summed E-state index contributed by atoms with van der Waals surface area (Å²) in [7, 11) is 0. The van der Waals surface area contributed by atoms with Crippen LogP contribution in [0.5, 0.6) is 0 Å². The highest BCUT2D eigenvalue weighted by molar-refractivity contribution is 8.27. The fourth-order valence-corrected chi connectivity index (χ4v) is 7.55. The lowest BCUT2D eigenvalue weighted by Crippen LogP contribution is -2.14. The maximum absolute atomic E-state index is 5.48. The van der Waals surface area contributed by atoms with E-state index in [1.54, 1.807) is 23.5 Å². The van der Waals surface area contributed by atoms with E-state index in [2.05, 4.69) is 158 Å². The first-order valence-electron chi connectivity index (χ1n) is 14.8. The number of nitrogens with zero attached hydrogens (tertiary/aromatic N) is 2. The lowest BCUT2D eigenvalue weighted by atomic mass is 9.96. The van der Waals surface area contributed by atoms with Gasteiger partial charge in [0.2, 0.25) is 0 Å². The molecule has 1 saturated heterocycles. The minimum Gasteiger partial charge on any atom is -0.238 e. The van der Waals surface area contributed by atoms with Gasteiger partial charge in [-0.3, -0.25) is 0 Å². The molecule has 1 fully saturated rings. The standard InChI is InChI=1S/C40H30N2S2/c1-5-15-29(16-6-1)33-23-13-24-34(30-17-7-2-8-18-30)37(33)41-39-40(44-28-27-43-39)42-38-35(31-19-9-3-10-20-31)25-14-26-36(38)32-21-11-4-12-22-32/h1-26H,27-28H2/b41-39-,42-40-. The van der Waals surface area contributed by atoms with Crippen LogP contribution in [0.2, 0.25) is 0 Å². The van der Waals surface area contributed by atoms with Crippen LogP contribution in [0.25, 0.3) is 44.5 Å². The van der Waals surface area contributed by atoms with E-state index in [1.165, 1.54) is 0 Å². The van der Waals surface area contributed by atoms with Crippen molar-refractivity contribution in [3.05, 3.63) is 158 Å². The summed E-state index contributed by atoms with van der Waals surface area (Å²) in [4.78, 5) is 11.0. The predicted molar refractivity (Wildman–Crippen MR) is 194 cm³/mol. The molecule has 0 spiro atoms. The summed E-state index contributed by atoms with van der Waals surface area (Å²) in [6, 6.07) is 55.2. The second kappa shape index (κ2) is 13.3. The van der Waals surface area contributed by atoms with Gasteiger partial charge in [0.05, 0.1) is 11.4 Å². The number of para-hydroxylation sites is 2. The van der Waals surface area contributed by atoms with Crippen molar-refractivity contribution in [3.8, 4) is 44.5 Å². The molecule has 0 N–H and O–H groups in total. The van der Waals surface area contributed by atoms with Crippen molar-refractivity contribution in [2.45, 2.75) is 0 Å². The average Bonchev–Trinajstić information content (AvgIpc) is 3.11. The summed E-state index contributed by atoms with van der Waals surface area (Å²) in [6.45, 7) is 0. The summed E-state index contributed by atoms with van der Waals surface area (Å²) >= 11 is 3.59. The third-order valence-corrected chi connectivity index (χ3v) is 9.90. The van der Waals surface area contributed by atoms with Crippen LogP contribution >= 0.6 is 23.5 Å². The molecular formula is C40H30N2S2. The summed E-state index contributed by atoms with van der Waals surface area (Å²) in [5.74, 6) is 1.98. The molecule has 0 aromatic heterocycles. The van der Waals surface area contributed by atoms with Gasteiger partial charge in [-0.05, 0) is 22.3 Å². The van der Waals surface area contributed by atoms with Crippen molar-refractivity contribution in [1.82, 2.24) is 0 Å². The number of benzene rings is 6. The van der Waals surface area contributed by atoms with Gasteiger partial charge < -0.3 is 0 Å². The van der Waals surface area contributed by atoms with Gasteiger partial charge in [-0.2, -0.15) is 0 Å². The Morgan fingerprint density at radius 1 is 0.318 bits per heavy atom. The van der Waals surface area contributed by atoms with Crippen molar-refractivity contribution in [1.29, 1.82) is 0 Å². The first kappa shape index (κ1) is 28.1. The fraction of sp³-hybridized carbons (Fsp3) is 0.0500. The summed E-state index contributed by atoms with van der Waals surface area (Å²) in [5.41, 5.74) is 11.0. The molecule has 0 bridgehead atoms. The van der Waals surface area contributed by atoms with Gasteiger partial charge in [0.15, 0.2) is 0 Å². The molecule has 0 amide bonds. The van der Waals surface area contributed by atoms with Gasteiger partial charge in [-0.15, -0.1) is 23.5 Å². The highest BCUT2D eigenvalue weighted by atomic mass is 32.2. The zero-order valence-electron chi connectivity index (χ0n) is 24.1. The lowest BCUT2D eigenvalue weighted by molar-refractivity contribution is 1.48. The topological polar surface area (TPSA) is 24.7 Å². The van der Waals surface area contributed by atoms with E-state index in [0.29, 0.717) is 0 Å². The molecule has 7 rings (SSSR count). The van der Waals surface area contributed by atoms with Crippen LogP contribution in [0.3, 0.4) is 0 Å². The largest absolute Gasteiger partial charge is 0.238 e. The molecular weight excluding hydrogens is 573 g/mol. The van der Waals surface area contributed by atoms with Crippen LogP contribution in [0.15, 0.2) is 168 Å². The molecule has 0 radical (unpaired) electrons. The average molecular weight is 603 g/mol. The molecule has 0 unspecified atom stereocenters. The monoisotopic (exact) mass is 602 g/mol. The van der Waals surface area contributed by atoms with Crippen LogP contribution in [0.4, 0.5) is 11.4 Å². The van der Waals surface area contributed by atoms with E-state index in [0.717, 1.165) is 77.5 Å². The molecule has 1 heterocycles. The number of rotatable bonds is 6. The van der Waals surface area contributed by atoms with Gasteiger partial charge in [0, 0.05) is 33.8 Å². The van der Waals surface area contributed by atoms with Crippen molar-refractivity contribution in [2.75, 3.05) is 11.5 Å². The number of hydrogen-bond acceptors (Lipinski definition) is 4.